The van der Waals surface area contributed by atoms with Crippen LogP contribution in [0.4, 0.5) is 17.2 Å². The zero-order chi connectivity index (χ0) is 15.2. The Morgan fingerprint density at radius 1 is 1.14 bits per heavy atom. The predicted octanol–water partition coefficient (Wildman–Crippen LogP) is 4.70. The molecule has 0 radical (unpaired) electrons. The number of hydrogen-bond acceptors (Lipinski definition) is 5. The van der Waals surface area contributed by atoms with E-state index >= 15 is 0 Å². The van der Waals surface area contributed by atoms with E-state index in [4.69, 9.17) is 11.6 Å². The molecule has 1 heterocycles. The molecule has 0 aliphatic carbocycles. The fraction of sp³-hybridized carbons (Fsp3) is 0.267. The van der Waals surface area contributed by atoms with Gasteiger partial charge in [0.15, 0.2) is 5.82 Å². The van der Waals surface area contributed by atoms with Gasteiger partial charge in [-0.3, -0.25) is 0 Å². The highest BCUT2D eigenvalue weighted by molar-refractivity contribution is 6.30. The van der Waals surface area contributed by atoms with E-state index < -0.39 is 0 Å². The fourth-order valence-corrected chi connectivity index (χ4v) is 2.03. The van der Waals surface area contributed by atoms with Crippen LogP contribution in [0.25, 0.3) is 0 Å². The minimum Gasteiger partial charge on any atom is -0.506 e. The van der Waals surface area contributed by atoms with Gasteiger partial charge in [-0.05, 0) is 38.1 Å². The van der Waals surface area contributed by atoms with Gasteiger partial charge >= 0.3 is 0 Å². The van der Waals surface area contributed by atoms with Crippen LogP contribution in [0, 0.1) is 0 Å². The van der Waals surface area contributed by atoms with E-state index in [2.05, 4.69) is 34.0 Å². The maximum Gasteiger partial charge on any atom is 0.174 e. The third-order valence-corrected chi connectivity index (χ3v) is 3.28. The van der Waals surface area contributed by atoms with Crippen molar-refractivity contribution in [2.24, 2.45) is 10.2 Å². The van der Waals surface area contributed by atoms with E-state index in [0.29, 0.717) is 16.5 Å². The van der Waals surface area contributed by atoms with Crippen molar-refractivity contribution in [2.45, 2.75) is 13.8 Å². The minimum atomic E-state index is 0.0945. The molecule has 2 aromatic rings. The normalized spacial score (nSPS) is 11.0. The van der Waals surface area contributed by atoms with Crippen molar-refractivity contribution in [1.29, 1.82) is 0 Å². The van der Waals surface area contributed by atoms with Crippen molar-refractivity contribution in [3.63, 3.8) is 0 Å². The van der Waals surface area contributed by atoms with E-state index in [1.165, 1.54) is 6.20 Å². The Morgan fingerprint density at radius 3 is 2.48 bits per heavy atom. The van der Waals surface area contributed by atoms with Crippen LogP contribution < -0.4 is 4.90 Å². The molecule has 1 aromatic carbocycles. The summed E-state index contributed by atoms with van der Waals surface area (Å²) in [6, 6.07) is 8.69. The van der Waals surface area contributed by atoms with E-state index in [0.717, 1.165) is 18.8 Å². The highest BCUT2D eigenvalue weighted by Gasteiger charge is 2.06. The molecule has 0 saturated carbocycles. The second-order valence-electron chi connectivity index (χ2n) is 4.38. The van der Waals surface area contributed by atoms with Crippen LogP contribution >= 0.6 is 11.6 Å². The molecule has 1 N–H and O–H groups in total. The maximum atomic E-state index is 10.0. The first-order valence-electron chi connectivity index (χ1n) is 6.75. The Morgan fingerprint density at radius 2 is 1.90 bits per heavy atom. The molecule has 2 rings (SSSR count). The number of nitrogens with zero attached hydrogens (tertiary/aromatic N) is 4. The van der Waals surface area contributed by atoms with Crippen LogP contribution in [0.1, 0.15) is 13.8 Å². The Kier molecular flexibility index (Phi) is 5.11. The van der Waals surface area contributed by atoms with Gasteiger partial charge in [0, 0.05) is 31.0 Å². The first-order valence-corrected chi connectivity index (χ1v) is 7.13. The summed E-state index contributed by atoms with van der Waals surface area (Å²) in [7, 11) is 0. The lowest BCUT2D eigenvalue weighted by Crippen LogP contribution is -2.21. The molecule has 0 atom stereocenters. The summed E-state index contributed by atoms with van der Waals surface area (Å²) in [5, 5.41) is 18.6. The average Bonchev–Trinajstić information content (AvgIpc) is 2.49. The molecule has 0 fully saturated rings. The number of benzene rings is 1. The first-order chi connectivity index (χ1) is 10.1. The molecule has 0 amide bonds. The van der Waals surface area contributed by atoms with E-state index in [-0.39, 0.29) is 5.75 Å². The summed E-state index contributed by atoms with van der Waals surface area (Å²) in [6.45, 7) is 5.90. The van der Waals surface area contributed by atoms with Crippen LogP contribution in [-0.4, -0.2) is 23.2 Å². The number of phenols is 1. The van der Waals surface area contributed by atoms with E-state index in [9.17, 15) is 5.11 Å². The number of azo groups is 1. The lowest BCUT2D eigenvalue weighted by Gasteiger charge is -2.21. The lowest BCUT2D eigenvalue weighted by atomic mass is 10.2. The minimum absolute atomic E-state index is 0.0945. The van der Waals surface area contributed by atoms with Crippen molar-refractivity contribution in [3.8, 4) is 5.75 Å². The van der Waals surface area contributed by atoms with Gasteiger partial charge in [0.1, 0.15) is 11.4 Å². The summed E-state index contributed by atoms with van der Waals surface area (Å²) in [5.74, 6) is 0.531. The van der Waals surface area contributed by atoms with Gasteiger partial charge in [-0.1, -0.05) is 11.6 Å². The first kappa shape index (κ1) is 15.3. The Hall–Kier alpha value is -2.14. The summed E-state index contributed by atoms with van der Waals surface area (Å²) >= 11 is 5.75. The number of aromatic hydroxyl groups is 1. The summed E-state index contributed by atoms with van der Waals surface area (Å²) < 4.78 is 0. The summed E-state index contributed by atoms with van der Waals surface area (Å²) in [5.41, 5.74) is 1.36. The van der Waals surface area contributed by atoms with Gasteiger partial charge in [0.25, 0.3) is 0 Å². The van der Waals surface area contributed by atoms with Crippen LogP contribution in [0.3, 0.4) is 0 Å². The number of anilines is 1. The maximum absolute atomic E-state index is 10.0. The van der Waals surface area contributed by atoms with Crippen LogP contribution in [0.2, 0.25) is 5.02 Å². The molecule has 110 valence electrons. The van der Waals surface area contributed by atoms with Crippen molar-refractivity contribution in [1.82, 2.24) is 4.98 Å². The van der Waals surface area contributed by atoms with Crippen LogP contribution in [0.15, 0.2) is 46.8 Å². The van der Waals surface area contributed by atoms with Crippen LogP contribution in [0.5, 0.6) is 5.75 Å². The van der Waals surface area contributed by atoms with Crippen molar-refractivity contribution in [2.75, 3.05) is 18.0 Å². The second kappa shape index (κ2) is 7.04. The van der Waals surface area contributed by atoms with Crippen molar-refractivity contribution >= 4 is 28.8 Å². The monoisotopic (exact) mass is 304 g/mol. The predicted molar refractivity (Wildman–Crippen MR) is 85.1 cm³/mol. The molecule has 0 aliphatic heterocycles. The highest BCUT2D eigenvalue weighted by atomic mass is 35.5. The number of phenolic OH excluding ortho intramolecular Hbond substituents is 1. The van der Waals surface area contributed by atoms with Gasteiger partial charge in [0.05, 0.1) is 5.02 Å². The Balaban J connectivity index is 2.19. The SMILES string of the molecule is CCN(CC)c1ccc(N=Nc2ccc(Cl)cn2)c(O)c1. The average molecular weight is 305 g/mol. The molecule has 5 nitrogen and oxygen atoms in total. The smallest absolute Gasteiger partial charge is 0.174 e. The van der Waals surface area contributed by atoms with Crippen LogP contribution in [-0.2, 0) is 0 Å². The molecule has 1 aromatic heterocycles. The Bertz CT molecular complexity index is 624. The van der Waals surface area contributed by atoms with E-state index in [1.807, 2.05) is 6.07 Å². The quantitative estimate of drug-likeness (QED) is 0.814. The molecule has 6 heteroatoms. The van der Waals surface area contributed by atoms with Gasteiger partial charge < -0.3 is 10.0 Å². The standard InChI is InChI=1S/C15H17ClN4O/c1-3-20(4-2)12-6-7-13(14(21)9-12)18-19-15-8-5-11(16)10-17-15/h5-10,21H,3-4H2,1-2H3. The molecule has 0 saturated heterocycles. The molecular formula is C15H17ClN4O. The molecule has 0 unspecified atom stereocenters. The highest BCUT2D eigenvalue weighted by Crippen LogP contribution is 2.32. The van der Waals surface area contributed by atoms with Crippen molar-refractivity contribution < 1.29 is 5.11 Å². The summed E-state index contributed by atoms with van der Waals surface area (Å²) in [4.78, 5) is 6.15. The zero-order valence-corrected chi connectivity index (χ0v) is 12.7. The number of pyridine rings is 1. The third kappa shape index (κ3) is 3.92. The number of hydrogen-bond donors (Lipinski definition) is 1. The van der Waals surface area contributed by atoms with Gasteiger partial charge in [0.2, 0.25) is 0 Å². The van der Waals surface area contributed by atoms with Crippen molar-refractivity contribution in [3.05, 3.63) is 41.6 Å². The molecule has 21 heavy (non-hydrogen) atoms. The topological polar surface area (TPSA) is 61.1 Å². The molecule has 0 aliphatic rings. The molecule has 0 spiro atoms. The largest absolute Gasteiger partial charge is 0.506 e. The lowest BCUT2D eigenvalue weighted by molar-refractivity contribution is 0.476. The molecular weight excluding hydrogens is 288 g/mol. The van der Waals surface area contributed by atoms with E-state index in [1.54, 1.807) is 24.3 Å². The molecule has 0 bridgehead atoms. The third-order valence-electron chi connectivity index (χ3n) is 3.06. The second-order valence-corrected chi connectivity index (χ2v) is 4.82. The summed E-state index contributed by atoms with van der Waals surface area (Å²) in [6.07, 6.45) is 1.50. The fourth-order valence-electron chi connectivity index (χ4n) is 1.91. The number of aromatic nitrogens is 1. The van der Waals surface area contributed by atoms with Gasteiger partial charge in [-0.25, -0.2) is 4.98 Å². The van der Waals surface area contributed by atoms with Gasteiger partial charge in [-0.15, -0.1) is 10.2 Å². The Labute approximate surface area is 128 Å². The zero-order valence-electron chi connectivity index (χ0n) is 12.0. The number of halogens is 1. The van der Waals surface area contributed by atoms with Gasteiger partial charge in [-0.2, -0.15) is 0 Å². The number of rotatable bonds is 5.